The third-order valence-corrected chi connectivity index (χ3v) is 1.91. The second kappa shape index (κ2) is 4.82. The Morgan fingerprint density at radius 3 is 1.18 bits per heavy atom. The van der Waals surface area contributed by atoms with Gasteiger partial charge in [-0.05, 0) is 0 Å². The fraction of sp³-hybridized carbons (Fsp3) is 0. The van der Waals surface area contributed by atoms with Crippen LogP contribution in [-0.4, -0.2) is 27.1 Å². The molecule has 0 rings (SSSR count). The monoisotopic (exact) mass is 203 g/mol. The van der Waals surface area contributed by atoms with Gasteiger partial charge in [-0.3, -0.25) is 0 Å². The zero-order valence-corrected chi connectivity index (χ0v) is 6.72. The Balaban J connectivity index is 0. The molecule has 0 bridgehead atoms. The first-order chi connectivity index (χ1) is 4.71. The summed E-state index contributed by atoms with van der Waals surface area (Å²) in [7, 11) is -6.60. The average Bonchev–Trinajstić information content (AvgIpc) is 1.60. The van der Waals surface area contributed by atoms with Crippen LogP contribution < -0.4 is 0 Å². The molecule has 0 atom stereocenters. The molecule has 4 N–H and O–H groups in total. The van der Waals surface area contributed by atoms with Gasteiger partial charge in [0.25, 0.3) is 0 Å². The molecule has 0 aliphatic carbocycles. The van der Waals surface area contributed by atoms with Crippen molar-refractivity contribution in [3.8, 4) is 0 Å². The first-order valence-corrected chi connectivity index (χ1v) is 4.85. The largest absolute Gasteiger partial charge is 0.478 e. The van der Waals surface area contributed by atoms with Crippen molar-refractivity contribution in [2.24, 2.45) is 0 Å². The van der Waals surface area contributed by atoms with Gasteiger partial charge in [0.2, 0.25) is 0 Å². The summed E-state index contributed by atoms with van der Waals surface area (Å²) in [5, 5.41) is 6.50. The summed E-state index contributed by atoms with van der Waals surface area (Å²) in [6, 6.07) is 0. The van der Waals surface area contributed by atoms with Gasteiger partial charge in [-0.25, -0.2) is 9.13 Å². The van der Waals surface area contributed by atoms with Gasteiger partial charge in [0, 0.05) is 0 Å². The van der Waals surface area contributed by atoms with Gasteiger partial charge >= 0.3 is 28.3 Å². The molecule has 8 nitrogen and oxygen atoms in total. The summed E-state index contributed by atoms with van der Waals surface area (Å²) in [4.78, 5) is 31.0. The number of hydrogen-bond acceptors (Lipinski definition) is 4. The molecule has 0 aromatic heterocycles. The van der Waals surface area contributed by atoms with E-state index in [1.165, 1.54) is 0 Å². The molecule has 0 aromatic carbocycles. The Morgan fingerprint density at radius 1 is 1.00 bits per heavy atom. The van der Waals surface area contributed by atoms with Crippen LogP contribution >= 0.6 is 15.6 Å². The Labute approximate surface area is 62.3 Å². The van der Waals surface area contributed by atoms with E-state index >= 15 is 0 Å². The molecule has 64 valence electrons. The number of phosphoric acid groups is 2. The molecule has 11 heteroatoms. The van der Waals surface area contributed by atoms with Gasteiger partial charge in [0.1, 0.15) is 0 Å². The van der Waals surface area contributed by atoms with Crippen molar-refractivity contribution in [3.05, 3.63) is 0 Å². The van der Waals surface area contributed by atoms with E-state index in [0.29, 0.717) is 0 Å². The molecule has 0 radical (unpaired) electrons. The first-order valence-electron chi connectivity index (χ1n) is 1.79. The van der Waals surface area contributed by atoms with Crippen molar-refractivity contribution in [1.82, 2.24) is 0 Å². The normalized spacial score (nSPS) is 11.7. The first kappa shape index (κ1) is 13.6. The summed E-state index contributed by atoms with van der Waals surface area (Å²) in [6.07, 6.45) is 0. The number of nitrogens with zero attached hydrogens (tertiary/aromatic N) is 1. The fourth-order valence-electron chi connectivity index (χ4n) is 0.139. The van der Waals surface area contributed by atoms with Crippen LogP contribution in [0.5, 0.6) is 0 Å². The van der Waals surface area contributed by atoms with Crippen LogP contribution in [0.2, 0.25) is 0 Å². The van der Waals surface area contributed by atoms with Crippen molar-refractivity contribution in [2.75, 3.05) is 0 Å². The molecule has 0 unspecified atom stereocenters. The maximum absolute atomic E-state index is 9.63. The molecular formula is H4BNO7P2. The van der Waals surface area contributed by atoms with E-state index in [9.17, 15) is 9.13 Å². The van der Waals surface area contributed by atoms with Gasteiger partial charge in [-0.2, -0.15) is 4.31 Å². The average molecular weight is 203 g/mol. The maximum atomic E-state index is 9.63. The summed E-state index contributed by atoms with van der Waals surface area (Å²) >= 11 is 0. The molecule has 0 saturated heterocycles. The third-order valence-electron chi connectivity index (χ3n) is 0.213. The molecule has 0 fully saturated rings. The van der Waals surface area contributed by atoms with E-state index in [4.69, 9.17) is 24.7 Å². The van der Waals surface area contributed by atoms with Crippen LogP contribution in [0, 0.1) is 5.16 Å². The summed E-state index contributed by atoms with van der Waals surface area (Å²) in [5.74, 6) is 0. The van der Waals surface area contributed by atoms with E-state index in [1.807, 2.05) is 0 Å². The van der Waals surface area contributed by atoms with Crippen LogP contribution in [-0.2, 0) is 13.4 Å². The molecule has 0 aromatic rings. The van der Waals surface area contributed by atoms with Crippen molar-refractivity contribution in [3.63, 3.8) is 0 Å². The molecule has 0 heterocycles. The molecule has 0 amide bonds. The molecule has 0 aliphatic rings. The van der Waals surface area contributed by atoms with Crippen LogP contribution in [0.3, 0.4) is 0 Å². The topological polar surface area (TPSA) is 148 Å². The summed E-state index contributed by atoms with van der Waals surface area (Å²) in [6.45, 7) is 0. The Morgan fingerprint density at radius 2 is 1.18 bits per heavy atom. The van der Waals surface area contributed by atoms with E-state index in [1.54, 1.807) is 0 Å². The molecule has 0 aliphatic heterocycles. The Kier molecular flexibility index (Phi) is 5.97. The van der Waals surface area contributed by atoms with Crippen molar-refractivity contribution >= 4 is 23.1 Å². The minimum absolute atomic E-state index is 2.96. The minimum Gasteiger partial charge on any atom is -0.302 e. The second-order valence-corrected chi connectivity index (χ2v) is 3.68. The predicted molar refractivity (Wildman–Crippen MR) is 32.7 cm³/mol. The van der Waals surface area contributed by atoms with E-state index in [2.05, 4.69) is 11.8 Å². The van der Waals surface area contributed by atoms with Gasteiger partial charge in [-0.1, -0.05) is 0 Å². The van der Waals surface area contributed by atoms with Crippen molar-refractivity contribution in [2.45, 2.75) is 0 Å². The predicted octanol–water partition coefficient (Wildman–Crippen LogP) is -1.18. The van der Waals surface area contributed by atoms with E-state index in [0.717, 1.165) is 0 Å². The Bertz CT molecular complexity index is 188. The van der Waals surface area contributed by atoms with Crippen molar-refractivity contribution < 1.29 is 33.0 Å². The SMILES string of the molecule is B#N.O=P(O)(O)OP(=O)(O)O. The zero-order valence-electron chi connectivity index (χ0n) is 4.93. The van der Waals surface area contributed by atoms with E-state index in [-0.39, 0.29) is 0 Å². The smallest absolute Gasteiger partial charge is 0.302 e. The Hall–Kier alpha value is 0.0349. The van der Waals surface area contributed by atoms with Crippen molar-refractivity contribution in [1.29, 1.82) is 5.16 Å². The zero-order chi connectivity index (χ0) is 9.71. The van der Waals surface area contributed by atoms with Crippen LogP contribution in [0.1, 0.15) is 0 Å². The van der Waals surface area contributed by atoms with Crippen LogP contribution in [0.25, 0.3) is 0 Å². The summed E-state index contributed by atoms with van der Waals surface area (Å²) in [5.41, 5.74) is 0. The van der Waals surface area contributed by atoms with Gasteiger partial charge in [-0.15, -0.1) is 0 Å². The number of hydrogen-bond donors (Lipinski definition) is 4. The standard InChI is InChI=1S/BN.H4O7P2/c1-2;1-8(2,3)7-9(4,5)6/h;(H2,1,2,3)(H2,4,5,6). The fourth-order valence-corrected chi connectivity index (χ4v) is 1.25. The van der Waals surface area contributed by atoms with Gasteiger partial charge in [0.05, 0.1) is 0 Å². The molecular weight excluding hydrogens is 199 g/mol. The second-order valence-electron chi connectivity index (χ2n) is 1.06. The number of rotatable bonds is 2. The minimum atomic E-state index is -5.05. The quantitative estimate of drug-likeness (QED) is 0.323. The van der Waals surface area contributed by atoms with E-state index < -0.39 is 15.6 Å². The van der Waals surface area contributed by atoms with Gasteiger partial charge in [0.15, 0.2) is 0 Å². The molecule has 0 saturated carbocycles. The molecule has 0 spiro atoms. The van der Waals surface area contributed by atoms with Crippen LogP contribution in [0.15, 0.2) is 0 Å². The third kappa shape index (κ3) is 17.8. The summed E-state index contributed by atoms with van der Waals surface area (Å²) < 4.78 is 22.2. The molecule has 11 heavy (non-hydrogen) atoms. The van der Waals surface area contributed by atoms with Crippen LogP contribution in [0.4, 0.5) is 0 Å². The maximum Gasteiger partial charge on any atom is 0.478 e. The van der Waals surface area contributed by atoms with Gasteiger partial charge < -0.3 is 19.6 Å².